The molecule has 0 bridgehead atoms. The molecule has 3 N–H and O–H groups in total. The molecule has 2 atom stereocenters. The fourth-order valence-electron chi connectivity index (χ4n) is 1.40. The molecule has 1 amide bonds. The molecule has 94 valence electrons. The summed E-state index contributed by atoms with van der Waals surface area (Å²) in [5.74, 6) is -0.300. The molecule has 0 saturated heterocycles. The predicted octanol–water partition coefficient (Wildman–Crippen LogP) is 2.77. The van der Waals surface area contributed by atoms with E-state index in [1.54, 1.807) is 19.1 Å². The molecule has 0 saturated carbocycles. The lowest BCUT2D eigenvalue weighted by Gasteiger charge is -2.18. The van der Waals surface area contributed by atoms with Gasteiger partial charge in [0.25, 0.3) is 0 Å². The summed E-state index contributed by atoms with van der Waals surface area (Å²) in [5.41, 5.74) is 6.24. The summed E-state index contributed by atoms with van der Waals surface area (Å²) in [6.45, 7) is 3.96. The third-order valence-corrected chi connectivity index (χ3v) is 3.44. The zero-order valence-corrected chi connectivity index (χ0v) is 11.3. The Morgan fingerprint density at radius 3 is 2.65 bits per heavy atom. The fourth-order valence-corrected chi connectivity index (χ4v) is 1.87. The van der Waals surface area contributed by atoms with Crippen molar-refractivity contribution in [3.05, 3.63) is 33.8 Å². The molecule has 1 rings (SSSR count). The smallest absolute Gasteiger partial charge is 0.224 e. The summed E-state index contributed by atoms with van der Waals surface area (Å²) in [6, 6.07) is 5.16. The predicted molar refractivity (Wildman–Crippen MR) is 71.2 cm³/mol. The van der Waals surface area contributed by atoms with E-state index in [4.69, 9.17) is 28.9 Å². The van der Waals surface area contributed by atoms with Crippen LogP contribution in [0.2, 0.25) is 10.0 Å². The lowest BCUT2D eigenvalue weighted by molar-refractivity contribution is -0.124. The van der Waals surface area contributed by atoms with Crippen LogP contribution in [0.1, 0.15) is 25.5 Å². The van der Waals surface area contributed by atoms with Gasteiger partial charge in [-0.25, -0.2) is 0 Å². The highest BCUT2D eigenvalue weighted by Gasteiger charge is 2.17. The second-order valence-corrected chi connectivity index (χ2v) is 4.80. The molecule has 0 aliphatic rings. The van der Waals surface area contributed by atoms with Gasteiger partial charge in [-0.05, 0) is 18.6 Å². The second kappa shape index (κ2) is 6.24. The standard InChI is InChI=1S/C12H16Cl2N2O/c1-7(6-15)12(17)16-8(2)9-4-3-5-10(13)11(9)14/h3-5,7-8H,6,15H2,1-2H3,(H,16,17). The van der Waals surface area contributed by atoms with Crippen molar-refractivity contribution in [2.24, 2.45) is 11.7 Å². The first kappa shape index (κ1) is 14.3. The Kier molecular flexibility index (Phi) is 5.25. The quantitative estimate of drug-likeness (QED) is 0.887. The van der Waals surface area contributed by atoms with Gasteiger partial charge in [0, 0.05) is 12.5 Å². The zero-order valence-electron chi connectivity index (χ0n) is 9.84. The number of rotatable bonds is 4. The number of halogens is 2. The van der Waals surface area contributed by atoms with Gasteiger partial charge in [0.2, 0.25) is 5.91 Å². The Morgan fingerprint density at radius 1 is 1.41 bits per heavy atom. The number of benzene rings is 1. The van der Waals surface area contributed by atoms with Gasteiger partial charge in [0.1, 0.15) is 0 Å². The molecule has 1 aromatic rings. The van der Waals surface area contributed by atoms with Crippen molar-refractivity contribution >= 4 is 29.1 Å². The van der Waals surface area contributed by atoms with Crippen LogP contribution in [0.3, 0.4) is 0 Å². The van der Waals surface area contributed by atoms with Crippen molar-refractivity contribution in [3.63, 3.8) is 0 Å². The molecule has 0 radical (unpaired) electrons. The van der Waals surface area contributed by atoms with Crippen LogP contribution in [0, 0.1) is 5.92 Å². The van der Waals surface area contributed by atoms with E-state index in [2.05, 4.69) is 5.32 Å². The first-order valence-corrected chi connectivity index (χ1v) is 6.17. The Balaban J connectivity index is 2.80. The average molecular weight is 275 g/mol. The Labute approximate surface area is 111 Å². The van der Waals surface area contributed by atoms with E-state index in [0.29, 0.717) is 16.6 Å². The molecule has 1 aromatic carbocycles. The Morgan fingerprint density at radius 2 is 2.06 bits per heavy atom. The molecule has 0 aromatic heterocycles. The van der Waals surface area contributed by atoms with Gasteiger partial charge in [-0.15, -0.1) is 0 Å². The molecule has 0 aliphatic carbocycles. The number of nitrogens with two attached hydrogens (primary N) is 1. The lowest BCUT2D eigenvalue weighted by atomic mass is 10.1. The van der Waals surface area contributed by atoms with Crippen molar-refractivity contribution in [2.45, 2.75) is 19.9 Å². The first-order chi connectivity index (χ1) is 7.97. The Bertz CT molecular complexity index is 409. The van der Waals surface area contributed by atoms with Crippen LogP contribution < -0.4 is 11.1 Å². The highest BCUT2D eigenvalue weighted by Crippen LogP contribution is 2.29. The van der Waals surface area contributed by atoms with E-state index in [1.807, 2.05) is 13.0 Å². The average Bonchev–Trinajstić information content (AvgIpc) is 2.31. The van der Waals surface area contributed by atoms with E-state index in [0.717, 1.165) is 5.56 Å². The van der Waals surface area contributed by atoms with Crippen molar-refractivity contribution in [2.75, 3.05) is 6.54 Å². The van der Waals surface area contributed by atoms with Gasteiger partial charge in [0.05, 0.1) is 16.1 Å². The Hall–Kier alpha value is -0.770. The van der Waals surface area contributed by atoms with E-state index in [-0.39, 0.29) is 17.9 Å². The van der Waals surface area contributed by atoms with Gasteiger partial charge in [0.15, 0.2) is 0 Å². The van der Waals surface area contributed by atoms with Gasteiger partial charge in [-0.2, -0.15) is 0 Å². The van der Waals surface area contributed by atoms with E-state index < -0.39 is 0 Å². The van der Waals surface area contributed by atoms with Crippen LogP contribution in [0.5, 0.6) is 0 Å². The summed E-state index contributed by atoms with van der Waals surface area (Å²) in [5, 5.41) is 3.81. The molecular weight excluding hydrogens is 259 g/mol. The van der Waals surface area contributed by atoms with E-state index in [1.165, 1.54) is 0 Å². The minimum absolute atomic E-state index is 0.0870. The molecule has 3 nitrogen and oxygen atoms in total. The molecule has 0 fully saturated rings. The van der Waals surface area contributed by atoms with Gasteiger partial charge in [-0.1, -0.05) is 42.3 Å². The number of hydrogen-bond acceptors (Lipinski definition) is 2. The first-order valence-electron chi connectivity index (χ1n) is 5.41. The highest BCUT2D eigenvalue weighted by atomic mass is 35.5. The molecule has 0 spiro atoms. The SMILES string of the molecule is CC(CN)C(=O)NC(C)c1cccc(Cl)c1Cl. The number of nitrogens with one attached hydrogen (secondary N) is 1. The normalized spacial score (nSPS) is 14.2. The topological polar surface area (TPSA) is 55.1 Å². The second-order valence-electron chi connectivity index (χ2n) is 4.01. The maximum Gasteiger partial charge on any atom is 0.224 e. The maximum absolute atomic E-state index is 11.7. The fraction of sp³-hybridized carbons (Fsp3) is 0.417. The number of carbonyl (C=O) groups excluding carboxylic acids is 1. The van der Waals surface area contributed by atoms with Crippen molar-refractivity contribution < 1.29 is 4.79 Å². The summed E-state index contributed by atoms with van der Waals surface area (Å²) < 4.78 is 0. The summed E-state index contributed by atoms with van der Waals surface area (Å²) in [4.78, 5) is 11.7. The minimum atomic E-state index is -0.213. The van der Waals surface area contributed by atoms with Crippen molar-refractivity contribution in [1.29, 1.82) is 0 Å². The van der Waals surface area contributed by atoms with Gasteiger partial charge in [-0.3, -0.25) is 4.79 Å². The summed E-state index contributed by atoms with van der Waals surface area (Å²) in [6.07, 6.45) is 0. The third kappa shape index (κ3) is 3.60. The summed E-state index contributed by atoms with van der Waals surface area (Å²) in [7, 11) is 0. The van der Waals surface area contributed by atoms with Crippen LogP contribution in [0.25, 0.3) is 0 Å². The van der Waals surface area contributed by atoms with Crippen LogP contribution in [0.15, 0.2) is 18.2 Å². The zero-order chi connectivity index (χ0) is 13.0. The van der Waals surface area contributed by atoms with Crippen LogP contribution in [0.4, 0.5) is 0 Å². The maximum atomic E-state index is 11.7. The van der Waals surface area contributed by atoms with E-state index in [9.17, 15) is 4.79 Å². The van der Waals surface area contributed by atoms with Crippen LogP contribution >= 0.6 is 23.2 Å². The molecule has 5 heteroatoms. The largest absolute Gasteiger partial charge is 0.349 e. The molecular formula is C12H16Cl2N2O. The summed E-state index contributed by atoms with van der Waals surface area (Å²) >= 11 is 12.0. The molecule has 0 aliphatic heterocycles. The van der Waals surface area contributed by atoms with Crippen molar-refractivity contribution in [1.82, 2.24) is 5.32 Å². The van der Waals surface area contributed by atoms with Gasteiger partial charge < -0.3 is 11.1 Å². The number of carbonyl (C=O) groups is 1. The molecule has 17 heavy (non-hydrogen) atoms. The van der Waals surface area contributed by atoms with Crippen LogP contribution in [-0.4, -0.2) is 12.5 Å². The monoisotopic (exact) mass is 274 g/mol. The van der Waals surface area contributed by atoms with E-state index >= 15 is 0 Å². The third-order valence-electron chi connectivity index (χ3n) is 2.61. The number of amides is 1. The lowest BCUT2D eigenvalue weighted by Crippen LogP contribution is -2.35. The minimum Gasteiger partial charge on any atom is -0.349 e. The highest BCUT2D eigenvalue weighted by molar-refractivity contribution is 6.42. The number of hydrogen-bond donors (Lipinski definition) is 2. The molecule has 2 unspecified atom stereocenters. The van der Waals surface area contributed by atoms with Crippen LogP contribution in [-0.2, 0) is 4.79 Å². The van der Waals surface area contributed by atoms with Crippen molar-refractivity contribution in [3.8, 4) is 0 Å². The van der Waals surface area contributed by atoms with Gasteiger partial charge >= 0.3 is 0 Å². The molecule has 0 heterocycles.